The van der Waals surface area contributed by atoms with Crippen molar-refractivity contribution in [2.24, 2.45) is 23.2 Å². The second-order valence-corrected chi connectivity index (χ2v) is 16.4. The Morgan fingerprint density at radius 3 is 2.59 bits per heavy atom. The molecule has 0 spiro atoms. The molecule has 17 heteroatoms. The first-order valence-electron chi connectivity index (χ1n) is 15.0. The minimum absolute atomic E-state index is 0.0539. The van der Waals surface area contributed by atoms with Crippen LogP contribution in [0, 0.1) is 38.7 Å². The SMILES string of the molecule is CC(C)C[C@H](NC(=O)[C@H](CCCNC(=N)N[N+](=O)[O-])NC(=O)CS(=O)(=O)c1cccs1)B1O[C@@H]2C[C@@H]3C[C@@H](C3(C)C)[C@]2(C)O1. The molecule has 0 radical (unpaired) electrons. The van der Waals surface area contributed by atoms with E-state index in [1.807, 2.05) is 13.8 Å². The Bertz CT molecular complexity index is 1340. The van der Waals surface area contributed by atoms with E-state index in [9.17, 15) is 28.1 Å². The molecule has 0 unspecified atom stereocenters. The Morgan fingerprint density at radius 1 is 1.25 bits per heavy atom. The fourth-order valence-corrected chi connectivity index (χ4v) is 9.17. The van der Waals surface area contributed by atoms with E-state index in [1.165, 1.54) is 6.07 Å². The number of guanidine groups is 1. The minimum Gasteiger partial charge on any atom is -0.404 e. The van der Waals surface area contributed by atoms with E-state index in [-0.39, 0.29) is 41.0 Å². The number of hydrogen-bond donors (Lipinski definition) is 5. The third-order valence-corrected chi connectivity index (χ3v) is 12.4. The van der Waals surface area contributed by atoms with Gasteiger partial charge in [-0.2, -0.15) is 0 Å². The van der Waals surface area contributed by atoms with Gasteiger partial charge in [0.15, 0.2) is 14.9 Å². The van der Waals surface area contributed by atoms with E-state index in [2.05, 4.69) is 36.7 Å². The van der Waals surface area contributed by atoms with Gasteiger partial charge in [-0.25, -0.2) is 18.5 Å². The van der Waals surface area contributed by atoms with Gasteiger partial charge >= 0.3 is 7.12 Å². The lowest BCUT2D eigenvalue weighted by atomic mass is 9.43. The lowest BCUT2D eigenvalue weighted by molar-refractivity contribution is -0.525. The first-order chi connectivity index (χ1) is 20.5. The number of amides is 2. The van der Waals surface area contributed by atoms with Crippen molar-refractivity contribution < 1.29 is 32.3 Å². The molecule has 2 heterocycles. The van der Waals surface area contributed by atoms with Crippen molar-refractivity contribution >= 4 is 46.1 Å². The third kappa shape index (κ3) is 7.54. The highest BCUT2D eigenvalue weighted by atomic mass is 32.2. The van der Waals surface area contributed by atoms with Crippen molar-refractivity contribution in [2.45, 2.75) is 94.6 Å². The number of rotatable bonds is 14. The molecule has 244 valence electrons. The molecule has 0 aromatic carbocycles. The first-order valence-corrected chi connectivity index (χ1v) is 17.5. The van der Waals surface area contributed by atoms with Gasteiger partial charge < -0.3 is 25.3 Å². The van der Waals surface area contributed by atoms with Crippen molar-refractivity contribution in [3.8, 4) is 0 Å². The molecular weight excluding hydrogens is 611 g/mol. The summed E-state index contributed by atoms with van der Waals surface area (Å²) in [7, 11) is -4.58. The standard InChI is InChI=1S/C27H43BN6O8S2/c1-16(2)12-21(28-41-20-14-17-13-19(26(17,3)4)27(20,5)42-28)32-24(36)18(8-6-10-30-25(29)33-34(37)38)31-22(35)15-44(39,40)23-9-7-11-43-23/h7,9,11,16-21H,6,8,10,12-15H2,1-5H3,(H,31,35)(H,32,36)(H3,29,30,33)/t17-,18-,19-,20+,21-,27-/m0/s1. The number of nitro groups is 1. The van der Waals surface area contributed by atoms with E-state index >= 15 is 0 Å². The van der Waals surface area contributed by atoms with Crippen molar-refractivity contribution in [1.82, 2.24) is 21.4 Å². The number of sulfone groups is 1. The summed E-state index contributed by atoms with van der Waals surface area (Å²) in [5, 5.41) is 26.9. The van der Waals surface area contributed by atoms with Gasteiger partial charge in [0.1, 0.15) is 16.0 Å². The minimum atomic E-state index is -3.90. The van der Waals surface area contributed by atoms with Gasteiger partial charge in [-0.15, -0.1) is 11.3 Å². The molecule has 2 amide bonds. The zero-order valence-corrected chi connectivity index (χ0v) is 27.4. The monoisotopic (exact) mass is 654 g/mol. The van der Waals surface area contributed by atoms with Gasteiger partial charge in [-0.1, -0.05) is 39.2 Å². The fourth-order valence-electron chi connectivity index (χ4n) is 6.94. The summed E-state index contributed by atoms with van der Waals surface area (Å²) < 4.78 is 38.5. The maximum Gasteiger partial charge on any atom is 0.481 e. The highest BCUT2D eigenvalue weighted by Crippen LogP contribution is 2.65. The lowest BCUT2D eigenvalue weighted by Crippen LogP contribution is -2.65. The van der Waals surface area contributed by atoms with Crippen molar-refractivity contribution in [1.29, 1.82) is 5.41 Å². The summed E-state index contributed by atoms with van der Waals surface area (Å²) in [5.74, 6) is -2.13. The number of hydrogen-bond acceptors (Lipinski definition) is 10. The van der Waals surface area contributed by atoms with Crippen LogP contribution in [0.2, 0.25) is 0 Å². The van der Waals surface area contributed by atoms with Gasteiger partial charge in [-0.05, 0) is 73.6 Å². The fraction of sp³-hybridized carbons (Fsp3) is 0.741. The molecule has 3 aliphatic carbocycles. The van der Waals surface area contributed by atoms with Gasteiger partial charge in [-0.3, -0.25) is 15.0 Å². The summed E-state index contributed by atoms with van der Waals surface area (Å²) in [4.78, 5) is 37.2. The molecule has 5 N–H and O–H groups in total. The second kappa shape index (κ2) is 13.3. The molecule has 4 aliphatic rings. The van der Waals surface area contributed by atoms with Crippen LogP contribution in [-0.4, -0.2) is 74.3 Å². The zero-order chi connectivity index (χ0) is 32.4. The average Bonchev–Trinajstić information content (AvgIpc) is 3.57. The van der Waals surface area contributed by atoms with Crippen molar-refractivity contribution in [2.75, 3.05) is 12.3 Å². The Kier molecular flexibility index (Phi) is 10.3. The topological polar surface area (TPSA) is 202 Å². The molecule has 3 saturated carbocycles. The number of nitrogens with one attached hydrogen (secondary N) is 5. The normalized spacial score (nSPS) is 26.6. The van der Waals surface area contributed by atoms with Crippen LogP contribution >= 0.6 is 11.3 Å². The zero-order valence-electron chi connectivity index (χ0n) is 25.8. The molecule has 44 heavy (non-hydrogen) atoms. The maximum atomic E-state index is 13.7. The van der Waals surface area contributed by atoms with Crippen LogP contribution in [0.1, 0.15) is 66.7 Å². The number of carbonyl (C=O) groups excluding carboxylic acids is 2. The Hall–Kier alpha value is -2.76. The van der Waals surface area contributed by atoms with E-state index in [4.69, 9.17) is 14.7 Å². The Morgan fingerprint density at radius 2 is 1.98 bits per heavy atom. The molecule has 14 nitrogen and oxygen atoms in total. The highest BCUT2D eigenvalue weighted by molar-refractivity contribution is 7.94. The molecule has 1 aromatic rings. The Balaban J connectivity index is 1.45. The molecule has 6 atom stereocenters. The van der Waals surface area contributed by atoms with Crippen molar-refractivity contribution in [3.63, 3.8) is 0 Å². The third-order valence-electron chi connectivity index (χ3n) is 9.30. The van der Waals surface area contributed by atoms with Crippen LogP contribution in [0.25, 0.3) is 0 Å². The molecule has 2 bridgehead atoms. The van der Waals surface area contributed by atoms with Gasteiger partial charge in [0.05, 0.1) is 17.6 Å². The highest BCUT2D eigenvalue weighted by Gasteiger charge is 2.68. The summed E-state index contributed by atoms with van der Waals surface area (Å²) in [6, 6.07) is 1.88. The quantitative estimate of drug-likeness (QED) is 0.0493. The number of carbonyl (C=O) groups is 2. The predicted octanol–water partition coefficient (Wildman–Crippen LogP) is 1.89. The first kappa shape index (κ1) is 34.1. The van der Waals surface area contributed by atoms with E-state index in [1.54, 1.807) is 16.9 Å². The Labute approximate surface area is 262 Å². The lowest BCUT2D eigenvalue weighted by Gasteiger charge is -2.64. The second-order valence-electron chi connectivity index (χ2n) is 13.2. The van der Waals surface area contributed by atoms with Gasteiger partial charge in [0.25, 0.3) is 5.96 Å². The van der Waals surface area contributed by atoms with E-state index < -0.39 is 63.1 Å². The van der Waals surface area contributed by atoms with E-state index in [0.29, 0.717) is 18.3 Å². The van der Waals surface area contributed by atoms with Crippen LogP contribution in [-0.2, 0) is 28.7 Å². The average molecular weight is 655 g/mol. The molecule has 4 fully saturated rings. The number of thiophene rings is 1. The molecular formula is C27H43BN6O8S2. The summed E-state index contributed by atoms with van der Waals surface area (Å²) in [5.41, 5.74) is 1.37. The van der Waals surface area contributed by atoms with Crippen LogP contribution in [0.15, 0.2) is 21.7 Å². The largest absolute Gasteiger partial charge is 0.481 e. The predicted molar refractivity (Wildman–Crippen MR) is 165 cm³/mol. The summed E-state index contributed by atoms with van der Waals surface area (Å²) in [6.45, 7) is 10.8. The smallest absolute Gasteiger partial charge is 0.404 e. The number of nitrogens with zero attached hydrogens (tertiary/aromatic N) is 1. The molecule has 1 aliphatic heterocycles. The molecule has 1 aromatic heterocycles. The molecule has 5 rings (SSSR count). The summed E-state index contributed by atoms with van der Waals surface area (Å²) >= 11 is 1.00. The summed E-state index contributed by atoms with van der Waals surface area (Å²) in [6.07, 6.45) is 2.76. The van der Waals surface area contributed by atoms with Crippen LogP contribution in [0.3, 0.4) is 0 Å². The van der Waals surface area contributed by atoms with Crippen LogP contribution in [0.4, 0.5) is 0 Å². The van der Waals surface area contributed by atoms with Gasteiger partial charge in [0.2, 0.25) is 11.8 Å². The molecule has 1 saturated heterocycles. The van der Waals surface area contributed by atoms with Gasteiger partial charge in [0, 0.05) is 6.54 Å². The number of hydrazine groups is 1. The van der Waals surface area contributed by atoms with Crippen molar-refractivity contribution in [3.05, 3.63) is 27.6 Å². The van der Waals surface area contributed by atoms with Crippen LogP contribution in [0.5, 0.6) is 0 Å². The van der Waals surface area contributed by atoms with E-state index in [0.717, 1.165) is 24.2 Å². The maximum absolute atomic E-state index is 13.7. The van der Waals surface area contributed by atoms with Crippen LogP contribution < -0.4 is 21.4 Å².